The van der Waals surface area contributed by atoms with Gasteiger partial charge in [0.1, 0.15) is 0 Å². The summed E-state index contributed by atoms with van der Waals surface area (Å²) in [7, 11) is 0. The van der Waals surface area contributed by atoms with Gasteiger partial charge in [0.05, 0.1) is 0 Å². The average Bonchev–Trinajstić information content (AvgIpc) is 2.64. The first-order valence-corrected chi connectivity index (χ1v) is 9.78. The highest BCUT2D eigenvalue weighted by molar-refractivity contribution is 9.10. The molecule has 0 unspecified atom stereocenters. The number of aryl methyl sites for hydroxylation is 3. The van der Waals surface area contributed by atoms with Gasteiger partial charge in [-0.3, -0.25) is 9.59 Å². The highest BCUT2D eigenvalue weighted by Crippen LogP contribution is 2.22. The van der Waals surface area contributed by atoms with Gasteiger partial charge in [-0.2, -0.15) is 0 Å². The van der Waals surface area contributed by atoms with E-state index in [0.717, 1.165) is 28.6 Å². The van der Waals surface area contributed by atoms with E-state index in [1.807, 2.05) is 37.3 Å². The van der Waals surface area contributed by atoms with Crippen molar-refractivity contribution in [2.75, 3.05) is 11.9 Å². The molecule has 136 valence electrons. The molecule has 26 heavy (non-hydrogen) atoms. The maximum Gasteiger partial charge on any atom is 0.251 e. The van der Waals surface area contributed by atoms with Gasteiger partial charge >= 0.3 is 0 Å². The van der Waals surface area contributed by atoms with Crippen LogP contribution in [0.3, 0.4) is 0 Å². The van der Waals surface area contributed by atoms with E-state index in [1.165, 1.54) is 24.0 Å². The molecule has 0 bridgehead atoms. The zero-order valence-electron chi connectivity index (χ0n) is 14.9. The van der Waals surface area contributed by atoms with Crippen LogP contribution in [0.25, 0.3) is 0 Å². The Morgan fingerprint density at radius 3 is 2.62 bits per heavy atom. The lowest BCUT2D eigenvalue weighted by Gasteiger charge is -2.16. The summed E-state index contributed by atoms with van der Waals surface area (Å²) < 4.78 is 0.916. The highest BCUT2D eigenvalue weighted by atomic mass is 79.9. The molecule has 2 N–H and O–H groups in total. The average molecular weight is 415 g/mol. The standard InChI is InChI=1S/C21H23BrN2O2/c1-14-6-9-18(22)13-19(14)24-20(25)10-11-23-21(26)17-8-7-15-4-2-3-5-16(15)12-17/h6-9,12-13H,2-5,10-11H2,1H3,(H,23,26)(H,24,25). The van der Waals surface area contributed by atoms with Crippen molar-refractivity contribution in [1.82, 2.24) is 5.32 Å². The quantitative estimate of drug-likeness (QED) is 0.761. The predicted molar refractivity (Wildman–Crippen MR) is 108 cm³/mol. The van der Waals surface area contributed by atoms with Gasteiger partial charge in [0.15, 0.2) is 0 Å². The summed E-state index contributed by atoms with van der Waals surface area (Å²) in [5.74, 6) is -0.234. The third kappa shape index (κ3) is 4.73. The number of benzene rings is 2. The van der Waals surface area contributed by atoms with E-state index in [4.69, 9.17) is 0 Å². The van der Waals surface area contributed by atoms with Crippen LogP contribution in [0.5, 0.6) is 0 Å². The van der Waals surface area contributed by atoms with Gasteiger partial charge in [0.2, 0.25) is 5.91 Å². The second-order valence-corrected chi connectivity index (χ2v) is 7.62. The summed E-state index contributed by atoms with van der Waals surface area (Å²) in [6.07, 6.45) is 4.80. The van der Waals surface area contributed by atoms with Crippen molar-refractivity contribution < 1.29 is 9.59 Å². The first-order chi connectivity index (χ1) is 12.5. The first kappa shape index (κ1) is 18.6. The molecule has 3 rings (SSSR count). The minimum atomic E-state index is -0.121. The Kier molecular flexibility index (Phi) is 6.09. The van der Waals surface area contributed by atoms with Gasteiger partial charge in [-0.1, -0.05) is 28.1 Å². The van der Waals surface area contributed by atoms with Crippen molar-refractivity contribution in [3.63, 3.8) is 0 Å². The van der Waals surface area contributed by atoms with Crippen LogP contribution in [0.1, 0.15) is 46.3 Å². The molecule has 0 saturated carbocycles. The fraction of sp³-hybridized carbons (Fsp3) is 0.333. The molecule has 2 aromatic rings. The second kappa shape index (κ2) is 8.49. The van der Waals surface area contributed by atoms with Gasteiger partial charge in [0, 0.05) is 28.7 Å². The molecule has 2 amide bonds. The number of fused-ring (bicyclic) bond motifs is 1. The second-order valence-electron chi connectivity index (χ2n) is 6.70. The maximum absolute atomic E-state index is 12.3. The first-order valence-electron chi connectivity index (χ1n) is 8.99. The smallest absolute Gasteiger partial charge is 0.251 e. The third-order valence-corrected chi connectivity index (χ3v) is 5.22. The molecule has 5 heteroatoms. The summed E-state index contributed by atoms with van der Waals surface area (Å²) in [5, 5.41) is 5.72. The SMILES string of the molecule is Cc1ccc(Br)cc1NC(=O)CCNC(=O)c1ccc2c(c1)CCCC2. The Labute approximate surface area is 162 Å². The molecule has 0 spiro atoms. The molecule has 0 aliphatic heterocycles. The molecule has 0 aromatic heterocycles. The van der Waals surface area contributed by atoms with Crippen LogP contribution in [0.4, 0.5) is 5.69 Å². The van der Waals surface area contributed by atoms with Crippen molar-refractivity contribution in [2.45, 2.75) is 39.0 Å². The summed E-state index contributed by atoms with van der Waals surface area (Å²) in [6.45, 7) is 2.26. The van der Waals surface area contributed by atoms with Gasteiger partial charge in [-0.25, -0.2) is 0 Å². The number of hydrogen-bond donors (Lipinski definition) is 2. The minimum absolute atomic E-state index is 0.114. The molecular formula is C21H23BrN2O2. The van der Waals surface area contributed by atoms with Crippen LogP contribution in [0, 0.1) is 6.92 Å². The number of hydrogen-bond acceptors (Lipinski definition) is 2. The summed E-state index contributed by atoms with van der Waals surface area (Å²) >= 11 is 3.40. The molecule has 4 nitrogen and oxygen atoms in total. The number of rotatable bonds is 5. The lowest BCUT2D eigenvalue weighted by molar-refractivity contribution is -0.116. The van der Waals surface area contributed by atoms with E-state index in [1.54, 1.807) is 0 Å². The molecular weight excluding hydrogens is 392 g/mol. The highest BCUT2D eigenvalue weighted by Gasteiger charge is 2.13. The van der Waals surface area contributed by atoms with Crippen LogP contribution in [-0.4, -0.2) is 18.4 Å². The Balaban J connectivity index is 1.50. The molecule has 0 heterocycles. The van der Waals surface area contributed by atoms with E-state index < -0.39 is 0 Å². The van der Waals surface area contributed by atoms with E-state index in [9.17, 15) is 9.59 Å². The van der Waals surface area contributed by atoms with E-state index >= 15 is 0 Å². The van der Waals surface area contributed by atoms with Gasteiger partial charge in [0.25, 0.3) is 5.91 Å². The normalized spacial score (nSPS) is 13.0. The van der Waals surface area contributed by atoms with Crippen LogP contribution >= 0.6 is 15.9 Å². The van der Waals surface area contributed by atoms with Crippen molar-refractivity contribution in [3.05, 3.63) is 63.1 Å². The monoisotopic (exact) mass is 414 g/mol. The zero-order chi connectivity index (χ0) is 18.5. The number of carbonyl (C=O) groups excluding carboxylic acids is 2. The number of carbonyl (C=O) groups is 2. The topological polar surface area (TPSA) is 58.2 Å². The fourth-order valence-corrected chi connectivity index (χ4v) is 3.57. The van der Waals surface area contributed by atoms with Crippen molar-refractivity contribution in [3.8, 4) is 0 Å². The lowest BCUT2D eigenvalue weighted by atomic mass is 9.90. The van der Waals surface area contributed by atoms with Crippen LogP contribution in [-0.2, 0) is 17.6 Å². The maximum atomic E-state index is 12.3. The van der Waals surface area contributed by atoms with E-state index in [2.05, 4.69) is 32.6 Å². The Morgan fingerprint density at radius 2 is 1.81 bits per heavy atom. The molecule has 1 aliphatic rings. The largest absolute Gasteiger partial charge is 0.352 e. The van der Waals surface area contributed by atoms with E-state index in [-0.39, 0.29) is 18.2 Å². The lowest BCUT2D eigenvalue weighted by Crippen LogP contribution is -2.28. The molecule has 0 radical (unpaired) electrons. The summed E-state index contributed by atoms with van der Waals surface area (Å²) in [6, 6.07) is 11.7. The van der Waals surface area contributed by atoms with Crippen LogP contribution in [0.15, 0.2) is 40.9 Å². The van der Waals surface area contributed by atoms with Crippen molar-refractivity contribution >= 4 is 33.4 Å². The summed E-state index contributed by atoms with van der Waals surface area (Å²) in [4.78, 5) is 24.4. The fourth-order valence-electron chi connectivity index (χ4n) is 3.21. The predicted octanol–water partition coefficient (Wildman–Crippen LogP) is 4.39. The molecule has 0 atom stereocenters. The number of nitrogens with one attached hydrogen (secondary N) is 2. The van der Waals surface area contributed by atoms with Crippen molar-refractivity contribution in [1.29, 1.82) is 0 Å². The number of anilines is 1. The third-order valence-electron chi connectivity index (χ3n) is 4.72. The van der Waals surface area contributed by atoms with Crippen LogP contribution < -0.4 is 10.6 Å². The van der Waals surface area contributed by atoms with Crippen LogP contribution in [0.2, 0.25) is 0 Å². The molecule has 2 aromatic carbocycles. The zero-order valence-corrected chi connectivity index (χ0v) is 16.5. The number of halogens is 1. The van der Waals surface area contributed by atoms with Gasteiger partial charge in [-0.05, 0) is 73.6 Å². The van der Waals surface area contributed by atoms with Crippen molar-refractivity contribution in [2.24, 2.45) is 0 Å². The summed E-state index contributed by atoms with van der Waals surface area (Å²) in [5.41, 5.74) is 5.10. The molecule has 0 saturated heterocycles. The van der Waals surface area contributed by atoms with Gasteiger partial charge in [-0.15, -0.1) is 0 Å². The Morgan fingerprint density at radius 1 is 1.04 bits per heavy atom. The Hall–Kier alpha value is -2.14. The molecule has 1 aliphatic carbocycles. The molecule has 0 fully saturated rings. The number of amides is 2. The minimum Gasteiger partial charge on any atom is -0.352 e. The van der Waals surface area contributed by atoms with Gasteiger partial charge < -0.3 is 10.6 Å². The Bertz CT molecular complexity index is 833. The van der Waals surface area contributed by atoms with E-state index in [0.29, 0.717) is 12.1 Å².